The van der Waals surface area contributed by atoms with Crippen molar-refractivity contribution in [2.75, 3.05) is 6.61 Å². The fraction of sp³-hybridized carbons (Fsp3) is 1.00. The summed E-state index contributed by atoms with van der Waals surface area (Å²) in [4.78, 5) is 0. The first-order valence-electron chi connectivity index (χ1n) is 7.62. The molecular formula is C16H28O2. The van der Waals surface area contributed by atoms with Crippen LogP contribution in [0, 0.1) is 22.7 Å². The monoisotopic (exact) mass is 252 g/mol. The zero-order chi connectivity index (χ0) is 13.2. The Morgan fingerprint density at radius 2 is 1.83 bits per heavy atom. The summed E-state index contributed by atoms with van der Waals surface area (Å²) in [5.41, 5.74) is 0.847. The number of ether oxygens (including phenoxy) is 2. The summed E-state index contributed by atoms with van der Waals surface area (Å²) >= 11 is 0. The Bertz CT molecular complexity index is 349. The average molecular weight is 252 g/mol. The Hall–Kier alpha value is -0.0800. The molecule has 104 valence electrons. The van der Waals surface area contributed by atoms with Crippen LogP contribution in [0.2, 0.25) is 0 Å². The third-order valence-electron chi connectivity index (χ3n) is 6.69. The third kappa shape index (κ3) is 1.37. The Kier molecular flexibility index (Phi) is 2.68. The van der Waals surface area contributed by atoms with E-state index in [1.54, 1.807) is 0 Å². The Balaban J connectivity index is 1.93. The maximum atomic E-state index is 6.55. The predicted octanol–water partition coefficient (Wildman–Crippen LogP) is 3.99. The van der Waals surface area contributed by atoms with Gasteiger partial charge < -0.3 is 9.47 Å². The van der Waals surface area contributed by atoms with E-state index in [1.165, 1.54) is 19.3 Å². The molecule has 2 heteroatoms. The van der Waals surface area contributed by atoms with Gasteiger partial charge in [0.05, 0.1) is 12.2 Å². The van der Waals surface area contributed by atoms with E-state index >= 15 is 0 Å². The van der Waals surface area contributed by atoms with E-state index in [2.05, 4.69) is 34.6 Å². The highest BCUT2D eigenvalue weighted by molar-refractivity contribution is 5.19. The third-order valence-corrected chi connectivity index (χ3v) is 6.69. The molecule has 2 nitrogen and oxygen atoms in total. The van der Waals surface area contributed by atoms with Crippen molar-refractivity contribution in [2.24, 2.45) is 22.7 Å². The lowest BCUT2D eigenvalue weighted by Crippen LogP contribution is -2.55. The Labute approximate surface area is 111 Å². The van der Waals surface area contributed by atoms with Crippen LogP contribution in [0.15, 0.2) is 0 Å². The zero-order valence-electron chi connectivity index (χ0n) is 12.6. The molecule has 18 heavy (non-hydrogen) atoms. The lowest BCUT2D eigenvalue weighted by Gasteiger charge is -2.52. The second-order valence-corrected chi connectivity index (χ2v) is 7.84. The maximum absolute atomic E-state index is 6.55. The summed E-state index contributed by atoms with van der Waals surface area (Å²) in [7, 11) is 0. The molecule has 2 bridgehead atoms. The van der Waals surface area contributed by atoms with Gasteiger partial charge in [-0.05, 0) is 30.6 Å². The van der Waals surface area contributed by atoms with Crippen molar-refractivity contribution >= 4 is 0 Å². The largest absolute Gasteiger partial charge is 0.352 e. The van der Waals surface area contributed by atoms with Crippen LogP contribution in [0.25, 0.3) is 0 Å². The number of hydrogen-bond acceptors (Lipinski definition) is 2. The minimum atomic E-state index is 0.00530. The van der Waals surface area contributed by atoms with Gasteiger partial charge in [-0.25, -0.2) is 0 Å². The van der Waals surface area contributed by atoms with E-state index in [-0.39, 0.29) is 11.9 Å². The van der Waals surface area contributed by atoms with Crippen LogP contribution in [-0.4, -0.2) is 18.5 Å². The van der Waals surface area contributed by atoms with Gasteiger partial charge in [-0.1, -0.05) is 34.6 Å². The first-order valence-corrected chi connectivity index (χ1v) is 7.62. The highest BCUT2D eigenvalue weighted by atomic mass is 16.7. The van der Waals surface area contributed by atoms with Crippen molar-refractivity contribution in [3.05, 3.63) is 0 Å². The second kappa shape index (κ2) is 3.73. The van der Waals surface area contributed by atoms with Crippen LogP contribution >= 0.6 is 0 Å². The Morgan fingerprint density at radius 3 is 2.33 bits per heavy atom. The summed E-state index contributed by atoms with van der Waals surface area (Å²) in [6.45, 7) is 12.7. The van der Waals surface area contributed by atoms with Crippen LogP contribution in [-0.2, 0) is 9.47 Å². The number of hydrogen-bond donors (Lipinski definition) is 0. The van der Waals surface area contributed by atoms with Gasteiger partial charge in [0.2, 0.25) is 0 Å². The summed E-state index contributed by atoms with van der Waals surface area (Å²) in [6, 6.07) is 0. The lowest BCUT2D eigenvalue weighted by molar-refractivity contribution is -0.304. The molecule has 0 radical (unpaired) electrons. The van der Waals surface area contributed by atoms with E-state index in [1.807, 2.05) is 0 Å². The van der Waals surface area contributed by atoms with Crippen molar-refractivity contribution in [1.82, 2.24) is 0 Å². The molecule has 1 saturated heterocycles. The molecule has 3 rings (SSSR count). The molecule has 4 unspecified atom stereocenters. The normalized spacial score (nSPS) is 50.3. The van der Waals surface area contributed by atoms with Gasteiger partial charge in [-0.2, -0.15) is 0 Å². The molecule has 0 N–H and O–H groups in total. The fourth-order valence-corrected chi connectivity index (χ4v) is 4.93. The summed E-state index contributed by atoms with van der Waals surface area (Å²) in [5, 5.41) is 0. The minimum Gasteiger partial charge on any atom is -0.352 e. The van der Waals surface area contributed by atoms with Gasteiger partial charge in [-0.15, -0.1) is 0 Å². The van der Waals surface area contributed by atoms with E-state index in [9.17, 15) is 0 Å². The number of fused-ring (bicyclic) bond motifs is 3. The summed E-state index contributed by atoms with van der Waals surface area (Å²) in [5.74, 6) is 1.29. The fourth-order valence-electron chi connectivity index (χ4n) is 4.93. The predicted molar refractivity (Wildman–Crippen MR) is 72.2 cm³/mol. The van der Waals surface area contributed by atoms with Gasteiger partial charge in [-0.3, -0.25) is 0 Å². The standard InChI is InChI=1S/C16H28O2/c1-11(2)13-17-9-8-16(18-13)10-12-6-7-15(16,5)14(12,3)4/h11-13H,6-10H2,1-5H3. The molecule has 0 aromatic heterocycles. The lowest BCUT2D eigenvalue weighted by atomic mass is 9.63. The van der Waals surface area contributed by atoms with Gasteiger partial charge >= 0.3 is 0 Å². The van der Waals surface area contributed by atoms with Crippen molar-refractivity contribution < 1.29 is 9.47 Å². The second-order valence-electron chi connectivity index (χ2n) is 7.84. The van der Waals surface area contributed by atoms with Crippen LogP contribution in [0.3, 0.4) is 0 Å². The molecule has 0 aromatic carbocycles. The first kappa shape index (κ1) is 12.9. The van der Waals surface area contributed by atoms with Crippen LogP contribution < -0.4 is 0 Å². The van der Waals surface area contributed by atoms with Crippen LogP contribution in [0.4, 0.5) is 0 Å². The molecular weight excluding hydrogens is 224 g/mol. The molecule has 4 atom stereocenters. The topological polar surface area (TPSA) is 18.5 Å². The first-order chi connectivity index (χ1) is 8.32. The maximum Gasteiger partial charge on any atom is 0.160 e. The smallest absolute Gasteiger partial charge is 0.160 e. The molecule has 2 aliphatic carbocycles. The van der Waals surface area contributed by atoms with Crippen molar-refractivity contribution in [3.63, 3.8) is 0 Å². The summed E-state index contributed by atoms with van der Waals surface area (Å²) < 4.78 is 12.4. The van der Waals surface area contributed by atoms with Crippen molar-refractivity contribution in [1.29, 1.82) is 0 Å². The van der Waals surface area contributed by atoms with Gasteiger partial charge in [0.1, 0.15) is 0 Å². The molecule has 3 aliphatic rings. The van der Waals surface area contributed by atoms with Crippen molar-refractivity contribution in [3.8, 4) is 0 Å². The van der Waals surface area contributed by atoms with Crippen molar-refractivity contribution in [2.45, 2.75) is 72.2 Å². The molecule has 2 saturated carbocycles. The van der Waals surface area contributed by atoms with Gasteiger partial charge in [0.15, 0.2) is 6.29 Å². The van der Waals surface area contributed by atoms with Gasteiger partial charge in [0, 0.05) is 17.8 Å². The van der Waals surface area contributed by atoms with E-state index in [4.69, 9.17) is 9.47 Å². The SMILES string of the molecule is CC(C)C1OCCC2(CC3CCC2(C)C3(C)C)O1. The van der Waals surface area contributed by atoms with E-state index in [0.29, 0.717) is 16.7 Å². The highest BCUT2D eigenvalue weighted by Crippen LogP contribution is 2.72. The summed E-state index contributed by atoms with van der Waals surface area (Å²) in [6.07, 6.45) is 5.07. The molecule has 3 fully saturated rings. The highest BCUT2D eigenvalue weighted by Gasteiger charge is 2.70. The molecule has 1 aliphatic heterocycles. The van der Waals surface area contributed by atoms with E-state index < -0.39 is 0 Å². The zero-order valence-corrected chi connectivity index (χ0v) is 12.6. The Morgan fingerprint density at radius 1 is 1.11 bits per heavy atom. The number of rotatable bonds is 1. The molecule has 1 heterocycles. The minimum absolute atomic E-state index is 0.00530. The quantitative estimate of drug-likeness (QED) is 0.702. The van der Waals surface area contributed by atoms with Crippen LogP contribution in [0.1, 0.15) is 60.3 Å². The van der Waals surface area contributed by atoms with Gasteiger partial charge in [0.25, 0.3) is 0 Å². The molecule has 0 amide bonds. The van der Waals surface area contributed by atoms with E-state index in [0.717, 1.165) is 18.9 Å². The van der Waals surface area contributed by atoms with Crippen LogP contribution in [0.5, 0.6) is 0 Å². The molecule has 1 spiro atoms. The molecule has 0 aromatic rings. The average Bonchev–Trinajstić information content (AvgIpc) is 2.61.